The Labute approximate surface area is 107 Å². The summed E-state index contributed by atoms with van der Waals surface area (Å²) < 4.78 is 12.1. The first-order chi connectivity index (χ1) is 8.24. The molecule has 90 valence electrons. The van der Waals surface area contributed by atoms with Gasteiger partial charge in [0.25, 0.3) is 0 Å². The van der Waals surface area contributed by atoms with E-state index in [9.17, 15) is 0 Å². The molecule has 1 aromatic heterocycles. The number of aryl methyl sites for hydroxylation is 1. The Balaban J connectivity index is 2.03. The molecule has 1 unspecified atom stereocenters. The Kier molecular flexibility index (Phi) is 2.90. The first-order valence-electron chi connectivity index (χ1n) is 5.59. The molecule has 1 atom stereocenters. The van der Waals surface area contributed by atoms with E-state index >= 15 is 0 Å². The maximum atomic E-state index is 5.63. The zero-order chi connectivity index (χ0) is 11.8. The van der Waals surface area contributed by atoms with E-state index in [1.807, 2.05) is 6.07 Å². The number of nitrogens with zero attached hydrogens (tertiary/aromatic N) is 1. The Morgan fingerprint density at radius 1 is 1.41 bits per heavy atom. The van der Waals surface area contributed by atoms with Gasteiger partial charge in [0.15, 0.2) is 0 Å². The lowest BCUT2D eigenvalue weighted by atomic mass is 10.2. The van der Waals surface area contributed by atoms with Gasteiger partial charge in [-0.15, -0.1) is 0 Å². The summed E-state index contributed by atoms with van der Waals surface area (Å²) in [6.45, 7) is 3.92. The molecule has 0 radical (unpaired) electrons. The molecule has 3 rings (SSSR count). The van der Waals surface area contributed by atoms with E-state index < -0.39 is 0 Å². The van der Waals surface area contributed by atoms with E-state index in [1.165, 1.54) is 0 Å². The number of aromatic nitrogens is 2. The first kappa shape index (κ1) is 11.2. The lowest BCUT2D eigenvalue weighted by Crippen LogP contribution is -2.22. The fourth-order valence-electron chi connectivity index (χ4n) is 2.06. The highest BCUT2D eigenvalue weighted by Gasteiger charge is 2.20. The third-order valence-electron chi connectivity index (χ3n) is 2.88. The van der Waals surface area contributed by atoms with Crippen molar-refractivity contribution in [1.29, 1.82) is 0 Å². The topological polar surface area (TPSA) is 47.1 Å². The van der Waals surface area contributed by atoms with Gasteiger partial charge in [-0.3, -0.25) is 0 Å². The Bertz CT molecular complexity index is 547. The van der Waals surface area contributed by atoms with Crippen LogP contribution in [-0.4, -0.2) is 29.8 Å². The molecule has 0 aliphatic carbocycles. The molecule has 1 saturated heterocycles. The van der Waals surface area contributed by atoms with Crippen LogP contribution < -0.4 is 0 Å². The average molecular weight is 297 g/mol. The van der Waals surface area contributed by atoms with E-state index in [0.29, 0.717) is 19.8 Å². The number of aromatic amines is 1. The maximum Gasteiger partial charge on any atom is 0.138 e. The number of halogens is 1. The minimum atomic E-state index is -0.0747. The van der Waals surface area contributed by atoms with Crippen LogP contribution in [0.15, 0.2) is 16.6 Å². The summed E-state index contributed by atoms with van der Waals surface area (Å²) in [4.78, 5) is 7.90. The van der Waals surface area contributed by atoms with E-state index in [4.69, 9.17) is 9.47 Å². The highest BCUT2D eigenvalue weighted by molar-refractivity contribution is 9.10. The van der Waals surface area contributed by atoms with Crippen LogP contribution >= 0.6 is 15.9 Å². The van der Waals surface area contributed by atoms with Crippen molar-refractivity contribution in [2.45, 2.75) is 13.0 Å². The van der Waals surface area contributed by atoms with Crippen molar-refractivity contribution in [3.05, 3.63) is 28.0 Å². The van der Waals surface area contributed by atoms with Gasteiger partial charge in [0.2, 0.25) is 0 Å². The maximum absolute atomic E-state index is 5.63. The predicted molar refractivity (Wildman–Crippen MR) is 68.0 cm³/mol. The number of benzene rings is 1. The standard InChI is InChI=1S/C12H13BrN2O2/c1-7-4-8(13)5-9-11(7)15-12(14-9)10-6-16-2-3-17-10/h4-5,10H,2-3,6H2,1H3,(H,14,15). The largest absolute Gasteiger partial charge is 0.376 e. The van der Waals surface area contributed by atoms with Crippen molar-refractivity contribution in [1.82, 2.24) is 9.97 Å². The number of H-pyrrole nitrogens is 1. The zero-order valence-corrected chi connectivity index (χ0v) is 11.1. The Morgan fingerprint density at radius 3 is 3.06 bits per heavy atom. The van der Waals surface area contributed by atoms with Gasteiger partial charge in [-0.2, -0.15) is 0 Å². The molecular weight excluding hydrogens is 284 g/mol. The number of hydrogen-bond acceptors (Lipinski definition) is 3. The van der Waals surface area contributed by atoms with Crippen LogP contribution in [0, 0.1) is 6.92 Å². The van der Waals surface area contributed by atoms with Crippen molar-refractivity contribution < 1.29 is 9.47 Å². The van der Waals surface area contributed by atoms with Crippen LogP contribution in [-0.2, 0) is 9.47 Å². The van der Waals surface area contributed by atoms with E-state index in [1.54, 1.807) is 0 Å². The van der Waals surface area contributed by atoms with E-state index in [2.05, 4.69) is 38.9 Å². The second-order valence-corrected chi connectivity index (χ2v) is 5.09. The number of rotatable bonds is 1. The number of hydrogen-bond donors (Lipinski definition) is 1. The molecule has 2 aromatic rings. The average Bonchev–Trinajstić information content (AvgIpc) is 2.74. The van der Waals surface area contributed by atoms with Gasteiger partial charge in [0, 0.05) is 4.47 Å². The number of nitrogens with one attached hydrogen (secondary N) is 1. The Hall–Kier alpha value is -0.910. The molecular formula is C12H13BrN2O2. The van der Waals surface area contributed by atoms with Crippen LogP contribution in [0.1, 0.15) is 17.5 Å². The van der Waals surface area contributed by atoms with Crippen molar-refractivity contribution in [3.8, 4) is 0 Å². The molecule has 1 aliphatic rings. The van der Waals surface area contributed by atoms with E-state index in [0.717, 1.165) is 26.9 Å². The molecule has 0 amide bonds. The molecule has 0 bridgehead atoms. The number of imidazole rings is 1. The minimum Gasteiger partial charge on any atom is -0.376 e. The van der Waals surface area contributed by atoms with Crippen LogP contribution in [0.25, 0.3) is 11.0 Å². The summed E-state index contributed by atoms with van der Waals surface area (Å²) >= 11 is 3.48. The molecule has 1 fully saturated rings. The molecule has 1 aromatic carbocycles. The quantitative estimate of drug-likeness (QED) is 0.880. The summed E-state index contributed by atoms with van der Waals surface area (Å²) in [5.74, 6) is 0.848. The van der Waals surface area contributed by atoms with Gasteiger partial charge in [-0.1, -0.05) is 15.9 Å². The molecule has 2 heterocycles. The van der Waals surface area contributed by atoms with Gasteiger partial charge in [0.05, 0.1) is 30.9 Å². The van der Waals surface area contributed by atoms with Gasteiger partial charge in [-0.25, -0.2) is 4.98 Å². The lowest BCUT2D eigenvalue weighted by Gasteiger charge is -2.20. The van der Waals surface area contributed by atoms with Gasteiger partial charge < -0.3 is 14.5 Å². The molecule has 5 heteroatoms. The van der Waals surface area contributed by atoms with Crippen molar-refractivity contribution in [2.24, 2.45) is 0 Å². The molecule has 4 nitrogen and oxygen atoms in total. The molecule has 17 heavy (non-hydrogen) atoms. The van der Waals surface area contributed by atoms with Crippen LogP contribution in [0.5, 0.6) is 0 Å². The van der Waals surface area contributed by atoms with Crippen LogP contribution in [0.2, 0.25) is 0 Å². The minimum absolute atomic E-state index is 0.0747. The summed E-state index contributed by atoms with van der Waals surface area (Å²) in [5, 5.41) is 0. The van der Waals surface area contributed by atoms with Gasteiger partial charge in [0.1, 0.15) is 11.9 Å². The van der Waals surface area contributed by atoms with Gasteiger partial charge in [-0.05, 0) is 24.6 Å². The van der Waals surface area contributed by atoms with E-state index in [-0.39, 0.29) is 6.10 Å². The molecule has 1 N–H and O–H groups in total. The highest BCUT2D eigenvalue weighted by Crippen LogP contribution is 2.25. The fourth-order valence-corrected chi connectivity index (χ4v) is 2.64. The summed E-state index contributed by atoms with van der Waals surface area (Å²) in [6.07, 6.45) is -0.0747. The number of fused-ring (bicyclic) bond motifs is 1. The lowest BCUT2D eigenvalue weighted by molar-refractivity contribution is -0.0931. The highest BCUT2D eigenvalue weighted by atomic mass is 79.9. The summed E-state index contributed by atoms with van der Waals surface area (Å²) in [6, 6.07) is 4.09. The fraction of sp³-hybridized carbons (Fsp3) is 0.417. The first-order valence-corrected chi connectivity index (χ1v) is 6.38. The second kappa shape index (κ2) is 4.40. The predicted octanol–water partition coefficient (Wildman–Crippen LogP) is 2.72. The van der Waals surface area contributed by atoms with Gasteiger partial charge >= 0.3 is 0 Å². The molecule has 0 saturated carbocycles. The monoisotopic (exact) mass is 296 g/mol. The third-order valence-corrected chi connectivity index (χ3v) is 3.34. The van der Waals surface area contributed by atoms with Crippen LogP contribution in [0.4, 0.5) is 0 Å². The van der Waals surface area contributed by atoms with Crippen LogP contribution in [0.3, 0.4) is 0 Å². The number of ether oxygens (including phenoxy) is 2. The van der Waals surface area contributed by atoms with Crippen molar-refractivity contribution in [3.63, 3.8) is 0 Å². The zero-order valence-electron chi connectivity index (χ0n) is 9.50. The van der Waals surface area contributed by atoms with Crippen molar-refractivity contribution in [2.75, 3.05) is 19.8 Å². The van der Waals surface area contributed by atoms with Crippen molar-refractivity contribution >= 4 is 27.0 Å². The summed E-state index contributed by atoms with van der Waals surface area (Å²) in [5.41, 5.74) is 3.17. The third kappa shape index (κ3) is 2.10. The molecule has 0 spiro atoms. The SMILES string of the molecule is Cc1cc(Br)cc2[nH]c(C3COCCO3)nc12. The normalized spacial score (nSPS) is 20.9. The second-order valence-electron chi connectivity index (χ2n) is 4.18. The Morgan fingerprint density at radius 2 is 2.29 bits per heavy atom. The summed E-state index contributed by atoms with van der Waals surface area (Å²) in [7, 11) is 0. The molecule has 1 aliphatic heterocycles. The smallest absolute Gasteiger partial charge is 0.138 e.